The topological polar surface area (TPSA) is 139 Å². The van der Waals surface area contributed by atoms with Gasteiger partial charge in [-0.3, -0.25) is 14.9 Å². The van der Waals surface area contributed by atoms with E-state index >= 15 is 0 Å². The van der Waals surface area contributed by atoms with E-state index in [-0.39, 0.29) is 34.8 Å². The predicted molar refractivity (Wildman–Crippen MR) is 111 cm³/mol. The van der Waals surface area contributed by atoms with Crippen LogP contribution >= 0.6 is 11.8 Å². The Morgan fingerprint density at radius 1 is 1.13 bits per heavy atom. The molecule has 162 valence electrons. The summed E-state index contributed by atoms with van der Waals surface area (Å²) in [6.45, 7) is 0.0664. The normalized spacial score (nSPS) is 10.4. The third-order valence-electron chi connectivity index (χ3n) is 3.86. The number of hydrogen-bond acceptors (Lipinski definition) is 10. The Balaban J connectivity index is 1.51. The molecule has 1 amide bonds. The van der Waals surface area contributed by atoms with Crippen molar-refractivity contribution < 1.29 is 28.3 Å². The second kappa shape index (κ2) is 10.3. The fourth-order valence-corrected chi connectivity index (χ4v) is 2.97. The molecule has 31 heavy (non-hydrogen) atoms. The molecule has 0 saturated heterocycles. The molecule has 1 heterocycles. The number of nitrogens with zero attached hydrogens (tertiary/aromatic N) is 3. The molecule has 3 rings (SSSR count). The van der Waals surface area contributed by atoms with E-state index < -0.39 is 10.8 Å². The van der Waals surface area contributed by atoms with Gasteiger partial charge in [0.1, 0.15) is 17.2 Å². The third-order valence-corrected chi connectivity index (χ3v) is 4.68. The minimum absolute atomic E-state index is 0.0488. The molecule has 0 atom stereocenters. The summed E-state index contributed by atoms with van der Waals surface area (Å²) in [5.74, 6) is 1.41. The molecule has 0 spiro atoms. The summed E-state index contributed by atoms with van der Waals surface area (Å²) in [6, 6.07) is 10.9. The van der Waals surface area contributed by atoms with Crippen molar-refractivity contribution in [1.82, 2.24) is 10.2 Å². The van der Waals surface area contributed by atoms with Crippen molar-refractivity contribution >= 4 is 29.0 Å². The van der Waals surface area contributed by atoms with Gasteiger partial charge in [0.15, 0.2) is 6.61 Å². The fourth-order valence-electron chi connectivity index (χ4n) is 2.39. The zero-order chi connectivity index (χ0) is 22.2. The summed E-state index contributed by atoms with van der Waals surface area (Å²) in [5.41, 5.74) is 0.0311. The number of nitrogens with one attached hydrogen (secondary N) is 1. The van der Waals surface area contributed by atoms with Crippen molar-refractivity contribution in [3.05, 3.63) is 58.5 Å². The predicted octanol–water partition coefficient (Wildman–Crippen LogP) is 3.30. The molecule has 11 nitrogen and oxygen atoms in total. The summed E-state index contributed by atoms with van der Waals surface area (Å²) in [6.07, 6.45) is 0. The standard InChI is InChI=1S/C19H18N4O7S/c1-27-13-4-6-14(7-5-13)29-10-18-21-22-19(30-18)31-11-17(24)20-15-9-12(23(25)26)3-8-16(15)28-2/h3-9H,10-11H2,1-2H3,(H,20,24). The van der Waals surface area contributed by atoms with Crippen LogP contribution in [0.5, 0.6) is 17.2 Å². The first kappa shape index (κ1) is 21.9. The average molecular weight is 446 g/mol. The first-order valence-electron chi connectivity index (χ1n) is 8.83. The molecular weight excluding hydrogens is 428 g/mol. The van der Waals surface area contributed by atoms with Gasteiger partial charge in [0.25, 0.3) is 16.8 Å². The number of carbonyl (C=O) groups excluding carboxylic acids is 1. The highest BCUT2D eigenvalue weighted by Gasteiger charge is 2.15. The lowest BCUT2D eigenvalue weighted by atomic mass is 10.2. The van der Waals surface area contributed by atoms with Crippen molar-refractivity contribution in [2.24, 2.45) is 0 Å². The lowest BCUT2D eigenvalue weighted by molar-refractivity contribution is -0.384. The van der Waals surface area contributed by atoms with Crippen LogP contribution in [0.2, 0.25) is 0 Å². The van der Waals surface area contributed by atoms with E-state index in [2.05, 4.69) is 15.5 Å². The van der Waals surface area contributed by atoms with Gasteiger partial charge in [-0.1, -0.05) is 11.8 Å². The fraction of sp³-hybridized carbons (Fsp3) is 0.211. The Labute approximate surface area is 180 Å². The molecule has 0 fully saturated rings. The Morgan fingerprint density at radius 2 is 1.87 bits per heavy atom. The van der Waals surface area contributed by atoms with Crippen LogP contribution in [-0.2, 0) is 11.4 Å². The van der Waals surface area contributed by atoms with Crippen LogP contribution in [0.1, 0.15) is 5.89 Å². The van der Waals surface area contributed by atoms with Crippen molar-refractivity contribution in [1.29, 1.82) is 0 Å². The number of benzene rings is 2. The molecule has 0 saturated carbocycles. The Kier molecular flexibility index (Phi) is 7.27. The molecule has 12 heteroatoms. The molecule has 0 aliphatic carbocycles. The molecule has 0 bridgehead atoms. The number of aromatic nitrogens is 2. The number of ether oxygens (including phenoxy) is 3. The lowest BCUT2D eigenvalue weighted by Crippen LogP contribution is -2.15. The molecule has 1 N–H and O–H groups in total. The number of hydrogen-bond donors (Lipinski definition) is 1. The van der Waals surface area contributed by atoms with Gasteiger partial charge in [0, 0.05) is 12.1 Å². The highest BCUT2D eigenvalue weighted by molar-refractivity contribution is 7.99. The SMILES string of the molecule is COc1ccc(OCc2nnc(SCC(=O)Nc3cc([N+](=O)[O-])ccc3OC)o2)cc1. The molecule has 1 aromatic heterocycles. The Morgan fingerprint density at radius 3 is 2.55 bits per heavy atom. The van der Waals surface area contributed by atoms with E-state index in [0.717, 1.165) is 11.8 Å². The quantitative estimate of drug-likeness (QED) is 0.280. The maximum atomic E-state index is 12.2. The summed E-state index contributed by atoms with van der Waals surface area (Å²) in [5, 5.41) is 21.4. The van der Waals surface area contributed by atoms with Gasteiger partial charge in [-0.15, -0.1) is 10.2 Å². The van der Waals surface area contributed by atoms with Gasteiger partial charge in [-0.2, -0.15) is 0 Å². The number of anilines is 1. The van der Waals surface area contributed by atoms with Gasteiger partial charge in [0.05, 0.1) is 30.6 Å². The maximum Gasteiger partial charge on any atom is 0.277 e. The van der Waals surface area contributed by atoms with Crippen LogP contribution in [0, 0.1) is 10.1 Å². The van der Waals surface area contributed by atoms with E-state index in [4.69, 9.17) is 18.6 Å². The van der Waals surface area contributed by atoms with E-state index in [9.17, 15) is 14.9 Å². The average Bonchev–Trinajstić information content (AvgIpc) is 3.24. The number of carbonyl (C=O) groups is 1. The largest absolute Gasteiger partial charge is 0.497 e. The number of non-ortho nitro benzene ring substituents is 1. The van der Waals surface area contributed by atoms with Gasteiger partial charge < -0.3 is 23.9 Å². The molecule has 3 aromatic rings. The van der Waals surface area contributed by atoms with E-state index in [1.165, 1.54) is 25.3 Å². The summed E-state index contributed by atoms with van der Waals surface area (Å²) < 4.78 is 21.2. The minimum Gasteiger partial charge on any atom is -0.497 e. The highest BCUT2D eigenvalue weighted by Crippen LogP contribution is 2.29. The van der Waals surface area contributed by atoms with Gasteiger partial charge in [-0.05, 0) is 30.3 Å². The number of thioether (sulfide) groups is 1. The lowest BCUT2D eigenvalue weighted by Gasteiger charge is -2.09. The second-order valence-corrected chi connectivity index (χ2v) is 6.83. The second-order valence-electron chi connectivity index (χ2n) is 5.90. The van der Waals surface area contributed by atoms with Crippen LogP contribution in [0.4, 0.5) is 11.4 Å². The van der Waals surface area contributed by atoms with Gasteiger partial charge in [0.2, 0.25) is 5.91 Å². The molecule has 0 aliphatic heterocycles. The summed E-state index contributed by atoms with van der Waals surface area (Å²) in [7, 11) is 2.98. The molecule has 0 radical (unpaired) electrons. The van der Waals surface area contributed by atoms with Crippen LogP contribution in [-0.4, -0.2) is 41.0 Å². The first-order chi connectivity index (χ1) is 15.0. The first-order valence-corrected chi connectivity index (χ1v) is 9.81. The molecular formula is C19H18N4O7S. The molecule has 0 aliphatic rings. The van der Waals surface area contributed by atoms with Crippen molar-refractivity contribution in [3.8, 4) is 17.2 Å². The Hall–Kier alpha value is -3.80. The number of methoxy groups -OCH3 is 2. The number of nitro benzene ring substituents is 1. The highest BCUT2D eigenvalue weighted by atomic mass is 32.2. The van der Waals surface area contributed by atoms with E-state index in [0.29, 0.717) is 17.2 Å². The summed E-state index contributed by atoms with van der Waals surface area (Å²) in [4.78, 5) is 22.6. The van der Waals surface area contributed by atoms with Crippen molar-refractivity contribution in [3.63, 3.8) is 0 Å². The number of amides is 1. The number of nitro groups is 1. The van der Waals surface area contributed by atoms with E-state index in [1.54, 1.807) is 31.4 Å². The molecule has 0 unspecified atom stereocenters. The van der Waals surface area contributed by atoms with Gasteiger partial charge >= 0.3 is 0 Å². The van der Waals surface area contributed by atoms with E-state index in [1.807, 2.05) is 0 Å². The third kappa shape index (κ3) is 6.09. The van der Waals surface area contributed by atoms with Crippen LogP contribution < -0.4 is 19.5 Å². The van der Waals surface area contributed by atoms with Gasteiger partial charge in [-0.25, -0.2) is 0 Å². The van der Waals surface area contributed by atoms with Crippen molar-refractivity contribution in [2.45, 2.75) is 11.8 Å². The van der Waals surface area contributed by atoms with Crippen LogP contribution in [0.25, 0.3) is 0 Å². The van der Waals surface area contributed by atoms with Crippen LogP contribution in [0.15, 0.2) is 52.1 Å². The minimum atomic E-state index is -0.558. The maximum absolute atomic E-state index is 12.2. The molecule has 2 aromatic carbocycles. The zero-order valence-corrected chi connectivity index (χ0v) is 17.4. The smallest absolute Gasteiger partial charge is 0.277 e. The summed E-state index contributed by atoms with van der Waals surface area (Å²) >= 11 is 1.02. The van der Waals surface area contributed by atoms with Crippen molar-refractivity contribution in [2.75, 3.05) is 25.3 Å². The zero-order valence-electron chi connectivity index (χ0n) is 16.6. The van der Waals surface area contributed by atoms with Crippen LogP contribution in [0.3, 0.4) is 0 Å². The monoisotopic (exact) mass is 446 g/mol. The number of rotatable bonds is 10. The Bertz CT molecular complexity index is 1060.